The fourth-order valence-corrected chi connectivity index (χ4v) is 4.11. The molecular formula is C25H21N3O2. The van der Waals surface area contributed by atoms with Crippen LogP contribution in [0.15, 0.2) is 89.7 Å². The van der Waals surface area contributed by atoms with Crippen LogP contribution in [0, 0.1) is 0 Å². The third-order valence-corrected chi connectivity index (χ3v) is 5.61. The van der Waals surface area contributed by atoms with Gasteiger partial charge in [-0.2, -0.15) is 0 Å². The zero-order valence-electron chi connectivity index (χ0n) is 16.4. The molecule has 2 aromatic heterocycles. The van der Waals surface area contributed by atoms with Gasteiger partial charge < -0.3 is 9.42 Å². The number of carbonyl (C=O) groups excluding carboxylic acids is 1. The van der Waals surface area contributed by atoms with Gasteiger partial charge in [-0.25, -0.2) is 0 Å². The van der Waals surface area contributed by atoms with E-state index < -0.39 is 0 Å². The molecule has 0 radical (unpaired) electrons. The third kappa shape index (κ3) is 3.39. The predicted molar refractivity (Wildman–Crippen MR) is 113 cm³/mol. The number of aromatic nitrogens is 2. The van der Waals surface area contributed by atoms with E-state index in [1.807, 2.05) is 41.3 Å². The first-order valence-electron chi connectivity index (χ1n) is 10.1. The summed E-state index contributed by atoms with van der Waals surface area (Å²) in [6, 6.07) is 24.1. The fraction of sp³-hybridized carbons (Fsp3) is 0.160. The van der Waals surface area contributed by atoms with E-state index in [0.29, 0.717) is 25.1 Å². The molecule has 0 N–H and O–H groups in total. The molecular weight excluding hydrogens is 374 g/mol. The van der Waals surface area contributed by atoms with Crippen molar-refractivity contribution in [3.63, 3.8) is 0 Å². The molecule has 1 amide bonds. The number of amides is 1. The van der Waals surface area contributed by atoms with Crippen LogP contribution in [0.1, 0.15) is 44.4 Å². The molecule has 1 aliphatic rings. The molecule has 0 saturated carbocycles. The van der Waals surface area contributed by atoms with Crippen molar-refractivity contribution in [1.82, 2.24) is 15.0 Å². The predicted octanol–water partition coefficient (Wildman–Crippen LogP) is 4.45. The number of nitrogens with zero attached hydrogens (tertiary/aromatic N) is 3. The van der Waals surface area contributed by atoms with Crippen molar-refractivity contribution >= 4 is 5.91 Å². The summed E-state index contributed by atoms with van der Waals surface area (Å²) >= 11 is 0. The first-order valence-corrected chi connectivity index (χ1v) is 10.1. The van der Waals surface area contributed by atoms with Gasteiger partial charge in [-0.3, -0.25) is 9.78 Å². The number of fused-ring (bicyclic) bond motifs is 1. The second-order valence-electron chi connectivity index (χ2n) is 7.44. The molecule has 0 bridgehead atoms. The lowest BCUT2D eigenvalue weighted by Gasteiger charge is -2.27. The summed E-state index contributed by atoms with van der Waals surface area (Å²) in [4.78, 5) is 18.9. The minimum absolute atomic E-state index is 0.00572. The summed E-state index contributed by atoms with van der Waals surface area (Å²) in [6.07, 6.45) is 3.96. The molecule has 2 aromatic carbocycles. The zero-order valence-corrected chi connectivity index (χ0v) is 16.4. The highest BCUT2D eigenvalue weighted by Gasteiger charge is 2.31. The van der Waals surface area contributed by atoms with Crippen LogP contribution in [0.2, 0.25) is 0 Å². The second-order valence-corrected chi connectivity index (χ2v) is 7.44. The van der Waals surface area contributed by atoms with Gasteiger partial charge in [0.2, 0.25) is 0 Å². The number of rotatable bonds is 4. The molecule has 0 fully saturated rings. The van der Waals surface area contributed by atoms with Crippen LogP contribution in [0.4, 0.5) is 0 Å². The maximum absolute atomic E-state index is 13.0. The van der Waals surface area contributed by atoms with Gasteiger partial charge in [-0.1, -0.05) is 65.8 Å². The normalized spacial score (nSPS) is 13.3. The van der Waals surface area contributed by atoms with E-state index in [0.717, 1.165) is 28.1 Å². The highest BCUT2D eigenvalue weighted by atomic mass is 16.5. The van der Waals surface area contributed by atoms with E-state index in [1.165, 1.54) is 0 Å². The lowest BCUT2D eigenvalue weighted by molar-refractivity contribution is 0.0728. The molecule has 5 heteroatoms. The second kappa shape index (κ2) is 7.95. The van der Waals surface area contributed by atoms with Crippen molar-refractivity contribution < 1.29 is 9.32 Å². The molecule has 0 aliphatic carbocycles. The Hall–Kier alpha value is -3.73. The minimum atomic E-state index is -0.0455. The average molecular weight is 395 g/mol. The Morgan fingerprint density at radius 2 is 1.53 bits per heavy atom. The Labute approximate surface area is 175 Å². The standard InChI is InChI=1S/C25H21N3O2/c29-25(20-11-14-26-15-12-20)28-16-13-22-21(17-28)24(27-30-22)23(18-7-3-1-4-8-18)19-9-5-2-6-10-19/h1-12,14-15,23H,13,16-17H2. The largest absolute Gasteiger partial charge is 0.361 e. The van der Waals surface area contributed by atoms with E-state index in [2.05, 4.69) is 34.4 Å². The first kappa shape index (κ1) is 18.3. The maximum atomic E-state index is 13.0. The van der Waals surface area contributed by atoms with Crippen molar-refractivity contribution in [1.29, 1.82) is 0 Å². The molecule has 3 heterocycles. The van der Waals surface area contributed by atoms with Gasteiger partial charge in [-0.15, -0.1) is 0 Å². The van der Waals surface area contributed by atoms with E-state index in [4.69, 9.17) is 4.52 Å². The number of pyridine rings is 1. The van der Waals surface area contributed by atoms with Crippen LogP contribution in [0.5, 0.6) is 0 Å². The highest BCUT2D eigenvalue weighted by molar-refractivity contribution is 5.94. The van der Waals surface area contributed by atoms with Gasteiger partial charge in [0.1, 0.15) is 11.5 Å². The molecule has 148 valence electrons. The highest BCUT2D eigenvalue weighted by Crippen LogP contribution is 2.36. The van der Waals surface area contributed by atoms with E-state index in [1.54, 1.807) is 24.5 Å². The van der Waals surface area contributed by atoms with E-state index in [-0.39, 0.29) is 11.8 Å². The van der Waals surface area contributed by atoms with Crippen molar-refractivity contribution in [2.24, 2.45) is 0 Å². The summed E-state index contributed by atoms with van der Waals surface area (Å²) in [5.74, 6) is 0.836. The molecule has 0 atom stereocenters. The minimum Gasteiger partial charge on any atom is -0.361 e. The van der Waals surface area contributed by atoms with Crippen molar-refractivity contribution in [3.8, 4) is 0 Å². The molecule has 0 spiro atoms. The number of hydrogen-bond donors (Lipinski definition) is 0. The van der Waals surface area contributed by atoms with Crippen LogP contribution in [-0.4, -0.2) is 27.5 Å². The Balaban J connectivity index is 1.53. The Kier molecular flexibility index (Phi) is 4.85. The van der Waals surface area contributed by atoms with Gasteiger partial charge in [0, 0.05) is 36.5 Å². The summed E-state index contributed by atoms with van der Waals surface area (Å²) in [6.45, 7) is 1.11. The lowest BCUT2D eigenvalue weighted by Crippen LogP contribution is -2.36. The Morgan fingerprint density at radius 3 is 2.17 bits per heavy atom. The van der Waals surface area contributed by atoms with Gasteiger partial charge in [-0.05, 0) is 23.3 Å². The lowest BCUT2D eigenvalue weighted by atomic mass is 9.85. The Morgan fingerprint density at radius 1 is 0.900 bits per heavy atom. The fourth-order valence-electron chi connectivity index (χ4n) is 4.11. The molecule has 5 rings (SSSR count). The molecule has 1 aliphatic heterocycles. The molecule has 0 unspecified atom stereocenters. The average Bonchev–Trinajstić information content (AvgIpc) is 3.24. The summed E-state index contributed by atoms with van der Waals surface area (Å²) in [7, 11) is 0. The van der Waals surface area contributed by atoms with Crippen LogP contribution in [0.25, 0.3) is 0 Å². The smallest absolute Gasteiger partial charge is 0.254 e. The molecule has 0 saturated heterocycles. The van der Waals surface area contributed by atoms with Crippen LogP contribution >= 0.6 is 0 Å². The van der Waals surface area contributed by atoms with Crippen LogP contribution in [0.3, 0.4) is 0 Å². The number of carbonyl (C=O) groups is 1. The van der Waals surface area contributed by atoms with E-state index in [9.17, 15) is 4.79 Å². The van der Waals surface area contributed by atoms with Crippen LogP contribution < -0.4 is 0 Å². The maximum Gasteiger partial charge on any atom is 0.254 e. The quantitative estimate of drug-likeness (QED) is 0.512. The van der Waals surface area contributed by atoms with E-state index >= 15 is 0 Å². The first-order chi connectivity index (χ1) is 14.8. The molecule has 30 heavy (non-hydrogen) atoms. The van der Waals surface area contributed by atoms with Crippen molar-refractivity contribution in [3.05, 3.63) is 119 Å². The number of hydrogen-bond acceptors (Lipinski definition) is 4. The monoisotopic (exact) mass is 395 g/mol. The van der Waals surface area contributed by atoms with Crippen molar-refractivity contribution in [2.75, 3.05) is 6.54 Å². The topological polar surface area (TPSA) is 59.2 Å². The van der Waals surface area contributed by atoms with Crippen molar-refractivity contribution in [2.45, 2.75) is 18.9 Å². The van der Waals surface area contributed by atoms with Crippen LogP contribution in [-0.2, 0) is 13.0 Å². The third-order valence-electron chi connectivity index (χ3n) is 5.61. The Bertz CT molecular complexity index is 1100. The van der Waals surface area contributed by atoms with Gasteiger partial charge in [0.25, 0.3) is 5.91 Å². The SMILES string of the molecule is O=C(c1ccncc1)N1CCc2onc(C(c3ccccc3)c3ccccc3)c2C1. The van der Waals surface area contributed by atoms with Gasteiger partial charge in [0.05, 0.1) is 12.5 Å². The van der Waals surface area contributed by atoms with Gasteiger partial charge >= 0.3 is 0 Å². The summed E-state index contributed by atoms with van der Waals surface area (Å²) < 4.78 is 5.75. The molecule has 4 aromatic rings. The number of benzene rings is 2. The summed E-state index contributed by atoms with van der Waals surface area (Å²) in [5.41, 5.74) is 4.85. The molecule has 5 nitrogen and oxygen atoms in total. The zero-order chi connectivity index (χ0) is 20.3. The van der Waals surface area contributed by atoms with Gasteiger partial charge in [0.15, 0.2) is 0 Å². The summed E-state index contributed by atoms with van der Waals surface area (Å²) in [5, 5.41) is 4.49.